The zero-order valence-corrected chi connectivity index (χ0v) is 14.3. The SMILES string of the molecule is CNC(CCCc1nc(-c2ccccc2)cs1)C(C)(C)C. The lowest BCUT2D eigenvalue weighted by Gasteiger charge is -2.30. The second kappa shape index (κ2) is 7.19. The lowest BCUT2D eigenvalue weighted by atomic mass is 9.84. The molecular formula is C18H26N2S. The topological polar surface area (TPSA) is 24.9 Å². The minimum atomic E-state index is 0.312. The molecule has 0 saturated carbocycles. The first kappa shape index (κ1) is 16.2. The van der Waals surface area contributed by atoms with Gasteiger partial charge in [0.1, 0.15) is 0 Å². The van der Waals surface area contributed by atoms with Crippen LogP contribution in [0.25, 0.3) is 11.3 Å². The summed E-state index contributed by atoms with van der Waals surface area (Å²) in [6, 6.07) is 11.0. The number of hydrogen-bond acceptors (Lipinski definition) is 3. The Balaban J connectivity index is 1.89. The molecule has 1 aromatic heterocycles. The van der Waals surface area contributed by atoms with Crippen LogP contribution in [-0.2, 0) is 6.42 Å². The van der Waals surface area contributed by atoms with Crippen LogP contribution >= 0.6 is 11.3 Å². The van der Waals surface area contributed by atoms with Gasteiger partial charge in [-0.3, -0.25) is 0 Å². The molecule has 0 amide bonds. The van der Waals surface area contributed by atoms with Gasteiger partial charge in [0.25, 0.3) is 0 Å². The molecule has 0 saturated heterocycles. The van der Waals surface area contributed by atoms with Crippen LogP contribution in [0.2, 0.25) is 0 Å². The van der Waals surface area contributed by atoms with E-state index in [0.717, 1.165) is 12.1 Å². The molecule has 0 aliphatic rings. The molecule has 114 valence electrons. The van der Waals surface area contributed by atoms with Crippen LogP contribution in [0.1, 0.15) is 38.6 Å². The standard InChI is InChI=1S/C18H26N2S/c1-18(2,3)16(19-4)11-8-12-17-20-15(13-21-17)14-9-6-5-7-10-14/h5-7,9-10,13,16,19H,8,11-12H2,1-4H3. The van der Waals surface area contributed by atoms with Gasteiger partial charge in [0.2, 0.25) is 0 Å². The molecule has 0 aliphatic carbocycles. The Kier molecular flexibility index (Phi) is 5.54. The van der Waals surface area contributed by atoms with Crippen molar-refractivity contribution in [3.63, 3.8) is 0 Å². The van der Waals surface area contributed by atoms with Crippen LogP contribution in [0, 0.1) is 5.41 Å². The van der Waals surface area contributed by atoms with Gasteiger partial charge < -0.3 is 5.32 Å². The second-order valence-corrected chi connectivity index (χ2v) is 7.53. The fraction of sp³-hybridized carbons (Fsp3) is 0.500. The van der Waals surface area contributed by atoms with Crippen LogP contribution in [0.4, 0.5) is 0 Å². The fourth-order valence-electron chi connectivity index (χ4n) is 2.63. The van der Waals surface area contributed by atoms with E-state index in [1.807, 2.05) is 6.07 Å². The number of aromatic nitrogens is 1. The molecule has 0 bridgehead atoms. The van der Waals surface area contributed by atoms with Gasteiger partial charge in [-0.1, -0.05) is 51.1 Å². The zero-order chi connectivity index (χ0) is 15.3. The number of rotatable bonds is 6. The number of nitrogens with one attached hydrogen (secondary N) is 1. The molecular weight excluding hydrogens is 276 g/mol. The number of hydrogen-bond donors (Lipinski definition) is 1. The lowest BCUT2D eigenvalue weighted by Crippen LogP contribution is -2.37. The monoisotopic (exact) mass is 302 g/mol. The van der Waals surface area contributed by atoms with Crippen molar-refractivity contribution >= 4 is 11.3 Å². The van der Waals surface area contributed by atoms with E-state index >= 15 is 0 Å². The summed E-state index contributed by atoms with van der Waals surface area (Å²) in [5, 5.41) is 6.86. The number of nitrogens with zero attached hydrogens (tertiary/aromatic N) is 1. The smallest absolute Gasteiger partial charge is 0.0932 e. The van der Waals surface area contributed by atoms with E-state index in [0.29, 0.717) is 11.5 Å². The third-order valence-corrected chi connectivity index (χ3v) is 4.81. The van der Waals surface area contributed by atoms with Gasteiger partial charge in [-0.15, -0.1) is 11.3 Å². The van der Waals surface area contributed by atoms with E-state index in [1.54, 1.807) is 11.3 Å². The Hall–Kier alpha value is -1.19. The summed E-state index contributed by atoms with van der Waals surface area (Å²) in [6.07, 6.45) is 3.45. The number of benzene rings is 1. The Morgan fingerprint density at radius 2 is 1.90 bits per heavy atom. The Morgan fingerprint density at radius 1 is 1.19 bits per heavy atom. The van der Waals surface area contributed by atoms with E-state index in [4.69, 9.17) is 4.98 Å². The molecule has 2 nitrogen and oxygen atoms in total. The summed E-state index contributed by atoms with van der Waals surface area (Å²) in [5.41, 5.74) is 2.63. The first-order valence-electron chi connectivity index (χ1n) is 7.68. The van der Waals surface area contributed by atoms with Crippen molar-refractivity contribution in [3.8, 4) is 11.3 Å². The summed E-state index contributed by atoms with van der Waals surface area (Å²) in [5.74, 6) is 0. The van der Waals surface area contributed by atoms with Gasteiger partial charge in [0.05, 0.1) is 10.7 Å². The van der Waals surface area contributed by atoms with Crippen molar-refractivity contribution in [3.05, 3.63) is 40.7 Å². The summed E-state index contributed by atoms with van der Waals surface area (Å²) < 4.78 is 0. The van der Waals surface area contributed by atoms with Crippen LogP contribution in [0.5, 0.6) is 0 Å². The summed E-state index contributed by atoms with van der Waals surface area (Å²) in [6.45, 7) is 6.89. The van der Waals surface area contributed by atoms with Crippen molar-refractivity contribution < 1.29 is 0 Å². The van der Waals surface area contributed by atoms with E-state index < -0.39 is 0 Å². The molecule has 1 aromatic carbocycles. The van der Waals surface area contributed by atoms with Crippen LogP contribution < -0.4 is 5.32 Å². The van der Waals surface area contributed by atoms with Gasteiger partial charge in [-0.25, -0.2) is 4.98 Å². The van der Waals surface area contributed by atoms with E-state index in [1.165, 1.54) is 23.4 Å². The Morgan fingerprint density at radius 3 is 2.52 bits per heavy atom. The van der Waals surface area contributed by atoms with Gasteiger partial charge in [-0.2, -0.15) is 0 Å². The molecule has 3 heteroatoms. The predicted molar refractivity (Wildman–Crippen MR) is 92.8 cm³/mol. The zero-order valence-electron chi connectivity index (χ0n) is 13.5. The normalized spacial score (nSPS) is 13.3. The van der Waals surface area contributed by atoms with Crippen molar-refractivity contribution in [2.75, 3.05) is 7.05 Å². The number of aryl methyl sites for hydroxylation is 1. The third kappa shape index (κ3) is 4.65. The molecule has 0 spiro atoms. The Bertz CT molecular complexity index is 540. The minimum absolute atomic E-state index is 0.312. The maximum absolute atomic E-state index is 4.76. The van der Waals surface area contributed by atoms with E-state index in [2.05, 4.69) is 62.8 Å². The fourth-order valence-corrected chi connectivity index (χ4v) is 3.48. The van der Waals surface area contributed by atoms with Gasteiger partial charge in [0, 0.05) is 17.0 Å². The third-order valence-electron chi connectivity index (χ3n) is 3.90. The van der Waals surface area contributed by atoms with Crippen LogP contribution in [0.15, 0.2) is 35.7 Å². The van der Waals surface area contributed by atoms with Crippen LogP contribution in [0.3, 0.4) is 0 Å². The maximum atomic E-state index is 4.76. The minimum Gasteiger partial charge on any atom is -0.316 e. The van der Waals surface area contributed by atoms with E-state index in [-0.39, 0.29) is 0 Å². The highest BCUT2D eigenvalue weighted by Gasteiger charge is 2.22. The van der Waals surface area contributed by atoms with Gasteiger partial charge >= 0.3 is 0 Å². The predicted octanol–water partition coefficient (Wildman–Crippen LogP) is 4.77. The molecule has 0 aliphatic heterocycles. The van der Waals surface area contributed by atoms with Crippen molar-refractivity contribution in [2.24, 2.45) is 5.41 Å². The van der Waals surface area contributed by atoms with Crippen molar-refractivity contribution in [2.45, 2.75) is 46.1 Å². The highest BCUT2D eigenvalue weighted by atomic mass is 32.1. The Labute approximate surface area is 132 Å². The molecule has 2 aromatic rings. The lowest BCUT2D eigenvalue weighted by molar-refractivity contribution is 0.263. The molecule has 1 atom stereocenters. The average molecular weight is 302 g/mol. The highest BCUT2D eigenvalue weighted by molar-refractivity contribution is 7.09. The maximum Gasteiger partial charge on any atom is 0.0932 e. The first-order chi connectivity index (χ1) is 10.0. The van der Waals surface area contributed by atoms with E-state index in [9.17, 15) is 0 Å². The van der Waals surface area contributed by atoms with Gasteiger partial charge in [-0.05, 0) is 31.7 Å². The molecule has 1 unspecified atom stereocenters. The molecule has 2 rings (SSSR count). The molecule has 0 radical (unpaired) electrons. The summed E-state index contributed by atoms with van der Waals surface area (Å²) in [4.78, 5) is 4.76. The quantitative estimate of drug-likeness (QED) is 0.831. The highest BCUT2D eigenvalue weighted by Crippen LogP contribution is 2.25. The second-order valence-electron chi connectivity index (χ2n) is 6.59. The first-order valence-corrected chi connectivity index (χ1v) is 8.56. The number of thiazole rings is 1. The molecule has 1 heterocycles. The molecule has 21 heavy (non-hydrogen) atoms. The molecule has 0 fully saturated rings. The molecule has 1 N–H and O–H groups in total. The van der Waals surface area contributed by atoms with Crippen molar-refractivity contribution in [1.29, 1.82) is 0 Å². The summed E-state index contributed by atoms with van der Waals surface area (Å²) >= 11 is 1.78. The van der Waals surface area contributed by atoms with Gasteiger partial charge in [0.15, 0.2) is 0 Å². The largest absolute Gasteiger partial charge is 0.316 e. The van der Waals surface area contributed by atoms with Crippen LogP contribution in [-0.4, -0.2) is 18.1 Å². The van der Waals surface area contributed by atoms with Crippen molar-refractivity contribution in [1.82, 2.24) is 10.3 Å². The summed E-state index contributed by atoms with van der Waals surface area (Å²) in [7, 11) is 2.06. The average Bonchev–Trinajstić information content (AvgIpc) is 2.92.